The van der Waals surface area contributed by atoms with E-state index in [4.69, 9.17) is 5.73 Å². The summed E-state index contributed by atoms with van der Waals surface area (Å²) in [7, 11) is 0. The summed E-state index contributed by atoms with van der Waals surface area (Å²) in [5, 5.41) is 18.9. The van der Waals surface area contributed by atoms with Crippen molar-refractivity contribution in [3.05, 3.63) is 96.9 Å². The minimum atomic E-state index is -0.192. The molecular weight excluding hydrogens is 582 g/mol. The molecular formula is C30H33Br2NO3. The first-order chi connectivity index (χ1) is 17.3. The third-order valence-corrected chi connectivity index (χ3v) is 8.65. The van der Waals surface area contributed by atoms with E-state index in [1.165, 1.54) is 27.8 Å². The van der Waals surface area contributed by atoms with Gasteiger partial charge < -0.3 is 15.9 Å². The molecule has 4 nitrogen and oxygen atoms in total. The number of anilines is 1. The Morgan fingerprint density at radius 1 is 0.667 bits per heavy atom. The number of fused-ring (bicyclic) bond motifs is 3. The van der Waals surface area contributed by atoms with Crippen LogP contribution in [0.25, 0.3) is 0 Å². The fourth-order valence-corrected chi connectivity index (χ4v) is 6.24. The first-order valence-corrected chi connectivity index (χ1v) is 14.2. The number of aryl methyl sites for hydroxylation is 3. The van der Waals surface area contributed by atoms with Gasteiger partial charge in [0.25, 0.3) is 0 Å². The maximum absolute atomic E-state index is 11.2. The Balaban J connectivity index is 0.000000127. The molecule has 36 heavy (non-hydrogen) atoms. The summed E-state index contributed by atoms with van der Waals surface area (Å²) in [6, 6.07) is 18.3. The lowest BCUT2D eigenvalue weighted by atomic mass is 9.89. The van der Waals surface area contributed by atoms with Crippen molar-refractivity contribution < 1.29 is 15.0 Å². The SMILES string of the molecule is Nc1cccc2c1C[C@H](O)CC2.O=C1CCc2cccc(Br)c2C1.O[C@@H]1CCc2cccc(Br)c2C1. The van der Waals surface area contributed by atoms with E-state index in [0.29, 0.717) is 18.6 Å². The average molecular weight is 615 g/mol. The summed E-state index contributed by atoms with van der Waals surface area (Å²) >= 11 is 6.96. The number of hydrogen-bond acceptors (Lipinski definition) is 4. The smallest absolute Gasteiger partial charge is 0.137 e. The van der Waals surface area contributed by atoms with Crippen molar-refractivity contribution >= 4 is 43.3 Å². The number of rotatable bonds is 0. The summed E-state index contributed by atoms with van der Waals surface area (Å²) in [5.74, 6) is 0.356. The Morgan fingerprint density at radius 3 is 1.81 bits per heavy atom. The molecule has 4 N–H and O–H groups in total. The van der Waals surface area contributed by atoms with E-state index in [-0.39, 0.29) is 12.2 Å². The molecule has 3 aromatic carbocycles. The highest BCUT2D eigenvalue weighted by molar-refractivity contribution is 9.10. The van der Waals surface area contributed by atoms with Crippen molar-refractivity contribution in [3.63, 3.8) is 0 Å². The molecule has 3 aliphatic carbocycles. The van der Waals surface area contributed by atoms with E-state index >= 15 is 0 Å². The molecule has 0 amide bonds. The standard InChI is InChI=1S/C10H11BrO.C10H9BrO.C10H13NO/c3*11-10-3-1-2-7-4-5-8(12)6-9(7)10/h1-3,8,12H,4-6H2;1-3H,4-6H2;1-3,8,12H,4-6,11H2/t8-;;8-/m1.1/s1. The zero-order chi connectivity index (χ0) is 25.7. The minimum Gasteiger partial charge on any atom is -0.398 e. The largest absolute Gasteiger partial charge is 0.398 e. The number of carbonyl (C=O) groups excluding carboxylic acids is 1. The molecule has 6 rings (SSSR count). The summed E-state index contributed by atoms with van der Waals surface area (Å²) < 4.78 is 2.21. The van der Waals surface area contributed by atoms with Gasteiger partial charge in [0.15, 0.2) is 0 Å². The predicted octanol–water partition coefficient (Wildman–Crippen LogP) is 5.92. The monoisotopic (exact) mass is 613 g/mol. The summed E-state index contributed by atoms with van der Waals surface area (Å²) in [4.78, 5) is 11.2. The number of halogens is 2. The predicted molar refractivity (Wildman–Crippen MR) is 152 cm³/mol. The lowest BCUT2D eigenvalue weighted by Crippen LogP contribution is -2.19. The second-order valence-corrected chi connectivity index (χ2v) is 11.5. The van der Waals surface area contributed by atoms with E-state index in [1.807, 2.05) is 30.3 Å². The Labute approximate surface area is 230 Å². The van der Waals surface area contributed by atoms with Crippen LogP contribution in [0.15, 0.2) is 63.5 Å². The first kappa shape index (κ1) is 27.1. The fourth-order valence-electron chi connectivity index (χ4n) is 5.12. The van der Waals surface area contributed by atoms with Crippen LogP contribution < -0.4 is 5.73 Å². The second-order valence-electron chi connectivity index (χ2n) is 9.75. The topological polar surface area (TPSA) is 83.5 Å². The average Bonchev–Trinajstić information content (AvgIpc) is 2.87. The molecule has 0 bridgehead atoms. The van der Waals surface area contributed by atoms with Crippen LogP contribution >= 0.6 is 31.9 Å². The number of hydrogen-bond donors (Lipinski definition) is 3. The molecule has 0 aliphatic heterocycles. The molecule has 6 heteroatoms. The molecule has 2 atom stereocenters. The fraction of sp³-hybridized carbons (Fsp3) is 0.367. The zero-order valence-corrected chi connectivity index (χ0v) is 23.5. The van der Waals surface area contributed by atoms with Crippen molar-refractivity contribution in [1.82, 2.24) is 0 Å². The highest BCUT2D eigenvalue weighted by atomic mass is 79.9. The maximum Gasteiger partial charge on any atom is 0.137 e. The normalized spacial score (nSPS) is 19.9. The maximum atomic E-state index is 11.2. The van der Waals surface area contributed by atoms with Crippen LogP contribution in [0.5, 0.6) is 0 Å². The number of nitrogens with two attached hydrogens (primary N) is 1. The van der Waals surface area contributed by atoms with Gasteiger partial charge in [0, 0.05) is 33.9 Å². The molecule has 3 aromatic rings. The molecule has 0 aromatic heterocycles. The molecule has 0 saturated heterocycles. The van der Waals surface area contributed by atoms with Crippen molar-refractivity contribution in [1.29, 1.82) is 0 Å². The summed E-state index contributed by atoms with van der Waals surface area (Å²) in [6.07, 6.45) is 7.17. The van der Waals surface area contributed by atoms with Gasteiger partial charge in [-0.05, 0) is 90.1 Å². The van der Waals surface area contributed by atoms with Gasteiger partial charge in [0.05, 0.1) is 12.2 Å². The Kier molecular flexibility index (Phi) is 9.40. The van der Waals surface area contributed by atoms with Crippen LogP contribution in [0, 0.1) is 0 Å². The molecule has 0 heterocycles. The van der Waals surface area contributed by atoms with Crippen LogP contribution in [-0.2, 0) is 43.3 Å². The number of aliphatic hydroxyl groups is 2. The lowest BCUT2D eigenvalue weighted by molar-refractivity contribution is -0.118. The molecule has 0 unspecified atom stereocenters. The first-order valence-electron chi connectivity index (χ1n) is 12.6. The van der Waals surface area contributed by atoms with E-state index in [0.717, 1.165) is 65.1 Å². The van der Waals surface area contributed by atoms with E-state index in [2.05, 4.69) is 56.1 Å². The van der Waals surface area contributed by atoms with Crippen molar-refractivity contribution in [2.24, 2.45) is 0 Å². The number of Topliss-reactive ketones (excluding diaryl/α,β-unsaturated/α-hetero) is 1. The van der Waals surface area contributed by atoms with Crippen LogP contribution in [0.4, 0.5) is 5.69 Å². The third-order valence-electron chi connectivity index (χ3n) is 7.16. The molecule has 0 saturated carbocycles. The number of carbonyl (C=O) groups is 1. The van der Waals surface area contributed by atoms with Gasteiger partial charge in [0.2, 0.25) is 0 Å². The minimum absolute atomic E-state index is 0.142. The zero-order valence-electron chi connectivity index (χ0n) is 20.4. The van der Waals surface area contributed by atoms with Gasteiger partial charge in [-0.15, -0.1) is 0 Å². The quantitative estimate of drug-likeness (QED) is 0.274. The van der Waals surface area contributed by atoms with Crippen LogP contribution in [0.3, 0.4) is 0 Å². The van der Waals surface area contributed by atoms with E-state index in [1.54, 1.807) is 0 Å². The summed E-state index contributed by atoms with van der Waals surface area (Å²) in [6.45, 7) is 0. The summed E-state index contributed by atoms with van der Waals surface area (Å²) in [5.41, 5.74) is 14.3. The van der Waals surface area contributed by atoms with Gasteiger partial charge >= 0.3 is 0 Å². The second kappa shape index (κ2) is 12.5. The Hall–Kier alpha value is -1.99. The highest BCUT2D eigenvalue weighted by Crippen LogP contribution is 2.28. The van der Waals surface area contributed by atoms with Gasteiger partial charge in [0.1, 0.15) is 5.78 Å². The van der Waals surface area contributed by atoms with E-state index < -0.39 is 0 Å². The molecule has 3 aliphatic rings. The number of aliphatic hydroxyl groups excluding tert-OH is 2. The van der Waals surface area contributed by atoms with Crippen LogP contribution in [0.2, 0.25) is 0 Å². The molecule has 190 valence electrons. The van der Waals surface area contributed by atoms with Crippen LogP contribution in [-0.4, -0.2) is 28.2 Å². The molecule has 0 spiro atoms. The van der Waals surface area contributed by atoms with Gasteiger partial charge in [-0.2, -0.15) is 0 Å². The van der Waals surface area contributed by atoms with Gasteiger partial charge in [-0.3, -0.25) is 4.79 Å². The Morgan fingerprint density at radius 2 is 1.17 bits per heavy atom. The van der Waals surface area contributed by atoms with Gasteiger partial charge in [-0.25, -0.2) is 0 Å². The number of benzene rings is 3. The molecule has 0 fully saturated rings. The number of ketones is 1. The lowest BCUT2D eigenvalue weighted by Gasteiger charge is -2.21. The number of nitrogen functional groups attached to an aromatic ring is 1. The van der Waals surface area contributed by atoms with Crippen molar-refractivity contribution in [3.8, 4) is 0 Å². The Bertz CT molecular complexity index is 1170. The van der Waals surface area contributed by atoms with Crippen molar-refractivity contribution in [2.75, 3.05) is 5.73 Å². The van der Waals surface area contributed by atoms with Crippen molar-refractivity contribution in [2.45, 2.75) is 70.0 Å². The van der Waals surface area contributed by atoms with Gasteiger partial charge in [-0.1, -0.05) is 68.3 Å². The van der Waals surface area contributed by atoms with E-state index in [9.17, 15) is 15.0 Å². The molecule has 0 radical (unpaired) electrons. The highest BCUT2D eigenvalue weighted by Gasteiger charge is 2.19. The third kappa shape index (κ3) is 6.86. The van der Waals surface area contributed by atoms with Crippen LogP contribution in [0.1, 0.15) is 52.6 Å².